The highest BCUT2D eigenvalue weighted by molar-refractivity contribution is 7.98. The Bertz CT molecular complexity index is 974. The molecule has 5 heteroatoms. The molecule has 0 aliphatic heterocycles. The standard InChI is InChI=1S/C24H29N3S2/c1-6-27(5)16-25-23-12-18(3)20(11-19(23)4)13-24-26-21(15-29-24)14-28-22-9-7-17(2)8-10-22/h7-12,15-16H,6,13-14H2,1-5H3. The van der Waals surface area contributed by atoms with Gasteiger partial charge in [-0.3, -0.25) is 0 Å². The van der Waals surface area contributed by atoms with Gasteiger partial charge in [-0.1, -0.05) is 23.8 Å². The van der Waals surface area contributed by atoms with Gasteiger partial charge in [-0.25, -0.2) is 9.98 Å². The second-order valence-corrected chi connectivity index (χ2v) is 9.39. The van der Waals surface area contributed by atoms with Crippen LogP contribution in [0.25, 0.3) is 0 Å². The number of aromatic nitrogens is 1. The Hall–Kier alpha value is -2.11. The molecule has 0 fully saturated rings. The molecule has 152 valence electrons. The molecule has 0 aliphatic rings. The van der Waals surface area contributed by atoms with Crippen molar-refractivity contribution in [3.8, 4) is 0 Å². The zero-order valence-electron chi connectivity index (χ0n) is 17.9. The first-order chi connectivity index (χ1) is 13.9. The van der Waals surface area contributed by atoms with Gasteiger partial charge in [0.25, 0.3) is 0 Å². The first-order valence-electron chi connectivity index (χ1n) is 9.92. The third-order valence-electron chi connectivity index (χ3n) is 4.90. The van der Waals surface area contributed by atoms with Crippen molar-refractivity contribution < 1.29 is 0 Å². The van der Waals surface area contributed by atoms with Crippen molar-refractivity contribution in [3.63, 3.8) is 0 Å². The van der Waals surface area contributed by atoms with Gasteiger partial charge < -0.3 is 4.90 Å². The molecule has 3 nitrogen and oxygen atoms in total. The quantitative estimate of drug-likeness (QED) is 0.233. The zero-order valence-corrected chi connectivity index (χ0v) is 19.5. The summed E-state index contributed by atoms with van der Waals surface area (Å²) in [4.78, 5) is 12.9. The van der Waals surface area contributed by atoms with Crippen LogP contribution in [0.15, 0.2) is 51.7 Å². The van der Waals surface area contributed by atoms with E-state index in [2.05, 4.69) is 79.4 Å². The molecule has 2 aromatic carbocycles. The van der Waals surface area contributed by atoms with Crippen LogP contribution in [0.4, 0.5) is 5.69 Å². The van der Waals surface area contributed by atoms with Crippen molar-refractivity contribution in [2.24, 2.45) is 4.99 Å². The van der Waals surface area contributed by atoms with E-state index in [-0.39, 0.29) is 0 Å². The SMILES string of the molecule is CCN(C)C=Nc1cc(C)c(Cc2nc(CSc3ccc(C)cc3)cs2)cc1C. The predicted molar refractivity (Wildman–Crippen MR) is 128 cm³/mol. The van der Waals surface area contributed by atoms with Gasteiger partial charge in [0.1, 0.15) is 0 Å². The van der Waals surface area contributed by atoms with Crippen LogP contribution in [0.5, 0.6) is 0 Å². The topological polar surface area (TPSA) is 28.5 Å². The number of hydrogen-bond acceptors (Lipinski definition) is 4. The monoisotopic (exact) mass is 423 g/mol. The highest BCUT2D eigenvalue weighted by atomic mass is 32.2. The number of aliphatic imine (C=N–C) groups is 1. The minimum Gasteiger partial charge on any atom is -0.366 e. The second-order valence-electron chi connectivity index (χ2n) is 7.39. The molecule has 0 aliphatic carbocycles. The van der Waals surface area contributed by atoms with Crippen LogP contribution in [-0.4, -0.2) is 29.8 Å². The maximum Gasteiger partial charge on any atom is 0.0972 e. The summed E-state index contributed by atoms with van der Waals surface area (Å²) in [6.07, 6.45) is 2.78. The van der Waals surface area contributed by atoms with Gasteiger partial charge in [0, 0.05) is 36.0 Å². The first kappa shape index (κ1) is 21.6. The minimum atomic E-state index is 0.880. The van der Waals surface area contributed by atoms with Crippen LogP contribution in [0, 0.1) is 20.8 Å². The molecule has 0 unspecified atom stereocenters. The molecule has 0 saturated heterocycles. The fourth-order valence-corrected chi connectivity index (χ4v) is 4.60. The highest BCUT2D eigenvalue weighted by Gasteiger charge is 2.09. The van der Waals surface area contributed by atoms with Gasteiger partial charge in [-0.05, 0) is 62.6 Å². The Morgan fingerprint density at radius 3 is 2.59 bits per heavy atom. The molecule has 0 bridgehead atoms. The van der Waals surface area contributed by atoms with Crippen molar-refractivity contribution in [2.75, 3.05) is 13.6 Å². The summed E-state index contributed by atoms with van der Waals surface area (Å²) in [5, 5.41) is 3.37. The third kappa shape index (κ3) is 6.18. The molecule has 29 heavy (non-hydrogen) atoms. The van der Waals surface area contributed by atoms with E-state index in [1.165, 1.54) is 32.2 Å². The van der Waals surface area contributed by atoms with Crippen LogP contribution in [-0.2, 0) is 12.2 Å². The average molecular weight is 424 g/mol. The number of rotatable bonds is 8. The lowest BCUT2D eigenvalue weighted by Crippen LogP contribution is -2.14. The van der Waals surface area contributed by atoms with E-state index in [0.29, 0.717) is 0 Å². The number of benzene rings is 2. The largest absolute Gasteiger partial charge is 0.366 e. The molecular weight excluding hydrogens is 394 g/mol. The Kier molecular flexibility index (Phi) is 7.51. The number of hydrogen-bond donors (Lipinski definition) is 0. The summed E-state index contributed by atoms with van der Waals surface area (Å²) in [7, 11) is 2.04. The van der Waals surface area contributed by atoms with E-state index in [9.17, 15) is 0 Å². The molecule has 1 heterocycles. The highest BCUT2D eigenvalue weighted by Crippen LogP contribution is 2.27. The fourth-order valence-electron chi connectivity index (χ4n) is 2.88. The van der Waals surface area contributed by atoms with E-state index < -0.39 is 0 Å². The second kappa shape index (κ2) is 10.1. The molecule has 0 radical (unpaired) electrons. The smallest absolute Gasteiger partial charge is 0.0972 e. The molecule has 0 spiro atoms. The Morgan fingerprint density at radius 1 is 1.10 bits per heavy atom. The Labute approximate surface area is 182 Å². The van der Waals surface area contributed by atoms with E-state index in [1.54, 1.807) is 11.3 Å². The molecular formula is C24H29N3S2. The van der Waals surface area contributed by atoms with E-state index in [1.807, 2.05) is 25.1 Å². The number of aryl methyl sites for hydroxylation is 3. The zero-order chi connectivity index (χ0) is 20.8. The minimum absolute atomic E-state index is 0.880. The summed E-state index contributed by atoms with van der Waals surface area (Å²) in [5.41, 5.74) is 7.31. The number of nitrogens with zero attached hydrogens (tertiary/aromatic N) is 3. The van der Waals surface area contributed by atoms with Gasteiger partial charge in [0.05, 0.1) is 22.7 Å². The summed E-state index contributed by atoms with van der Waals surface area (Å²) in [6.45, 7) is 9.49. The molecule has 3 aromatic rings. The lowest BCUT2D eigenvalue weighted by molar-refractivity contribution is 0.552. The van der Waals surface area contributed by atoms with Gasteiger partial charge >= 0.3 is 0 Å². The molecule has 0 saturated carbocycles. The van der Waals surface area contributed by atoms with E-state index in [0.717, 1.165) is 30.1 Å². The number of thioether (sulfide) groups is 1. The van der Waals surface area contributed by atoms with Crippen molar-refractivity contribution in [3.05, 3.63) is 74.7 Å². The maximum atomic E-state index is 4.86. The molecule has 1 aromatic heterocycles. The molecule has 0 atom stereocenters. The van der Waals surface area contributed by atoms with Crippen molar-refractivity contribution in [2.45, 2.75) is 44.8 Å². The van der Waals surface area contributed by atoms with Crippen molar-refractivity contribution in [1.82, 2.24) is 9.88 Å². The maximum absolute atomic E-state index is 4.86. The van der Waals surface area contributed by atoms with Gasteiger partial charge in [0.15, 0.2) is 0 Å². The molecule has 3 rings (SSSR count). The van der Waals surface area contributed by atoms with Crippen LogP contribution in [0.2, 0.25) is 0 Å². The summed E-state index contributed by atoms with van der Waals surface area (Å²) in [6, 6.07) is 13.1. The third-order valence-corrected chi connectivity index (χ3v) is 6.84. The fraction of sp³-hybridized carbons (Fsp3) is 0.333. The van der Waals surface area contributed by atoms with Crippen molar-refractivity contribution >= 4 is 35.1 Å². The lowest BCUT2D eigenvalue weighted by atomic mass is 10.0. The Balaban J connectivity index is 1.65. The van der Waals surface area contributed by atoms with Gasteiger partial charge in [0.2, 0.25) is 0 Å². The normalized spacial score (nSPS) is 11.3. The first-order valence-corrected chi connectivity index (χ1v) is 11.8. The van der Waals surface area contributed by atoms with Crippen LogP contribution in [0.1, 0.15) is 39.9 Å². The van der Waals surface area contributed by atoms with Gasteiger partial charge in [-0.2, -0.15) is 0 Å². The number of thiazole rings is 1. The molecule has 0 amide bonds. The van der Waals surface area contributed by atoms with Crippen LogP contribution < -0.4 is 0 Å². The predicted octanol–water partition coefficient (Wildman–Crippen LogP) is 6.56. The Morgan fingerprint density at radius 2 is 1.86 bits per heavy atom. The van der Waals surface area contributed by atoms with E-state index >= 15 is 0 Å². The average Bonchev–Trinajstić information content (AvgIpc) is 3.16. The van der Waals surface area contributed by atoms with Crippen LogP contribution in [0.3, 0.4) is 0 Å². The van der Waals surface area contributed by atoms with E-state index in [4.69, 9.17) is 4.98 Å². The lowest BCUT2D eigenvalue weighted by Gasteiger charge is -2.11. The van der Waals surface area contributed by atoms with Gasteiger partial charge in [-0.15, -0.1) is 23.1 Å². The molecule has 0 N–H and O–H groups in total. The summed E-state index contributed by atoms with van der Waals surface area (Å²) in [5.74, 6) is 0.913. The summed E-state index contributed by atoms with van der Waals surface area (Å²) >= 11 is 3.60. The van der Waals surface area contributed by atoms with Crippen molar-refractivity contribution in [1.29, 1.82) is 0 Å². The summed E-state index contributed by atoms with van der Waals surface area (Å²) < 4.78 is 0. The van der Waals surface area contributed by atoms with Crippen LogP contribution >= 0.6 is 23.1 Å².